The Morgan fingerprint density at radius 1 is 1.39 bits per heavy atom. The van der Waals surface area contributed by atoms with Crippen molar-refractivity contribution in [2.75, 3.05) is 5.32 Å². The molecule has 0 aliphatic heterocycles. The van der Waals surface area contributed by atoms with Crippen molar-refractivity contribution in [3.63, 3.8) is 0 Å². The van der Waals surface area contributed by atoms with Crippen molar-refractivity contribution < 1.29 is 9.72 Å². The number of hydrogen-bond acceptors (Lipinski definition) is 4. The van der Waals surface area contributed by atoms with Gasteiger partial charge in [-0.15, -0.1) is 0 Å². The molecule has 1 aromatic carbocycles. The lowest BCUT2D eigenvalue weighted by atomic mass is 10.1. The molecule has 1 amide bonds. The smallest absolute Gasteiger partial charge is 0.358 e. The number of nitrogens with zero attached hydrogens (tertiary/aromatic N) is 3. The molecule has 1 heterocycles. The average Bonchev–Trinajstić information content (AvgIpc) is 2.77. The highest BCUT2D eigenvalue weighted by Gasteiger charge is 2.29. The average molecular weight is 381 g/mol. The molecule has 23 heavy (non-hydrogen) atoms. The zero-order valence-corrected chi connectivity index (χ0v) is 14.8. The van der Waals surface area contributed by atoms with Gasteiger partial charge in [0.15, 0.2) is 0 Å². The molecule has 2 rings (SSSR count). The Labute approximate surface area is 142 Å². The predicted octanol–water partition coefficient (Wildman–Crippen LogP) is 3.68. The molecule has 0 aliphatic carbocycles. The number of rotatable bonds is 4. The number of nitrogens with one attached hydrogen (secondary N) is 1. The van der Waals surface area contributed by atoms with Gasteiger partial charge in [0.25, 0.3) is 5.91 Å². The third kappa shape index (κ3) is 3.42. The van der Waals surface area contributed by atoms with E-state index >= 15 is 0 Å². The van der Waals surface area contributed by atoms with Crippen LogP contribution >= 0.6 is 15.9 Å². The van der Waals surface area contributed by atoms with Gasteiger partial charge in [-0.2, -0.15) is 4.68 Å². The van der Waals surface area contributed by atoms with Crippen LogP contribution in [0.3, 0.4) is 0 Å². The normalized spacial score (nSPS) is 12.0. The van der Waals surface area contributed by atoms with E-state index in [1.54, 1.807) is 13.8 Å². The van der Waals surface area contributed by atoms with E-state index in [-0.39, 0.29) is 16.2 Å². The van der Waals surface area contributed by atoms with Gasteiger partial charge in [-0.25, -0.2) is 0 Å². The summed E-state index contributed by atoms with van der Waals surface area (Å²) in [5, 5.41) is 17.7. The monoisotopic (exact) mass is 380 g/mol. The maximum atomic E-state index is 12.4. The third-order valence-corrected chi connectivity index (χ3v) is 4.55. The Bertz CT molecular complexity index is 785. The first kappa shape index (κ1) is 17.1. The predicted molar refractivity (Wildman–Crippen MR) is 90.6 cm³/mol. The number of nitro groups is 1. The van der Waals surface area contributed by atoms with Crippen LogP contribution in [0.4, 0.5) is 11.5 Å². The Balaban J connectivity index is 2.26. The van der Waals surface area contributed by atoms with Crippen LogP contribution in [0, 0.1) is 30.9 Å². The minimum Gasteiger partial charge on any atom is -0.358 e. The molecule has 0 fully saturated rings. The second kappa shape index (κ2) is 6.49. The Kier molecular flexibility index (Phi) is 4.84. The maximum absolute atomic E-state index is 12.4. The van der Waals surface area contributed by atoms with Gasteiger partial charge in [-0.3, -0.25) is 4.79 Å². The highest BCUT2D eigenvalue weighted by atomic mass is 79.9. The Morgan fingerprint density at radius 2 is 2.04 bits per heavy atom. The molecule has 0 unspecified atom stereocenters. The van der Waals surface area contributed by atoms with E-state index in [1.165, 1.54) is 4.68 Å². The number of amides is 1. The second-order valence-electron chi connectivity index (χ2n) is 5.41. The van der Waals surface area contributed by atoms with Crippen molar-refractivity contribution in [3.8, 4) is 0 Å². The Morgan fingerprint density at radius 3 is 2.57 bits per heavy atom. The van der Waals surface area contributed by atoms with Gasteiger partial charge in [0.05, 0.1) is 10.8 Å². The van der Waals surface area contributed by atoms with Crippen LogP contribution in [0.2, 0.25) is 0 Å². The van der Waals surface area contributed by atoms with Gasteiger partial charge < -0.3 is 15.4 Å². The number of carbonyl (C=O) groups excluding carboxylic acids is 1. The maximum Gasteiger partial charge on any atom is 0.404 e. The molecule has 1 aromatic heterocycles. The number of benzene rings is 1. The van der Waals surface area contributed by atoms with Gasteiger partial charge in [0.1, 0.15) is 10.5 Å². The largest absolute Gasteiger partial charge is 0.404 e. The fourth-order valence-corrected chi connectivity index (χ4v) is 2.68. The number of halogens is 1. The number of aromatic nitrogens is 2. The van der Waals surface area contributed by atoms with E-state index in [0.29, 0.717) is 11.4 Å². The summed E-state index contributed by atoms with van der Waals surface area (Å²) < 4.78 is 1.63. The molecule has 122 valence electrons. The summed E-state index contributed by atoms with van der Waals surface area (Å²) in [4.78, 5) is 22.8. The van der Waals surface area contributed by atoms with Crippen molar-refractivity contribution >= 4 is 33.3 Å². The molecular weight excluding hydrogens is 364 g/mol. The van der Waals surface area contributed by atoms with Crippen molar-refractivity contribution in [2.45, 2.75) is 33.7 Å². The molecule has 0 spiro atoms. The highest BCUT2D eigenvalue weighted by molar-refractivity contribution is 9.10. The molecule has 0 radical (unpaired) electrons. The first-order valence-corrected chi connectivity index (χ1v) is 7.78. The van der Waals surface area contributed by atoms with Crippen LogP contribution in [-0.2, 0) is 4.79 Å². The zero-order chi connectivity index (χ0) is 17.3. The summed E-state index contributed by atoms with van der Waals surface area (Å²) in [7, 11) is 0. The molecule has 2 aromatic rings. The third-order valence-electron chi connectivity index (χ3n) is 3.62. The molecule has 0 aliphatic rings. The van der Waals surface area contributed by atoms with Crippen molar-refractivity contribution in [2.24, 2.45) is 0 Å². The fourth-order valence-electron chi connectivity index (χ4n) is 2.28. The van der Waals surface area contributed by atoms with Crippen LogP contribution in [0.1, 0.15) is 29.8 Å². The zero-order valence-electron chi connectivity index (χ0n) is 13.3. The van der Waals surface area contributed by atoms with Crippen molar-refractivity contribution in [3.05, 3.63) is 49.6 Å². The van der Waals surface area contributed by atoms with E-state index < -0.39 is 11.0 Å². The van der Waals surface area contributed by atoms with Crippen LogP contribution in [-0.4, -0.2) is 20.6 Å². The molecule has 7 nitrogen and oxygen atoms in total. The number of carbonyl (C=O) groups is 1. The number of anilines is 1. The molecule has 1 N–H and O–H groups in total. The van der Waals surface area contributed by atoms with Crippen LogP contribution in [0.5, 0.6) is 0 Å². The molecule has 0 saturated heterocycles. The van der Waals surface area contributed by atoms with E-state index in [9.17, 15) is 14.9 Å². The highest BCUT2D eigenvalue weighted by Crippen LogP contribution is 2.29. The van der Waals surface area contributed by atoms with Crippen molar-refractivity contribution in [1.29, 1.82) is 0 Å². The molecule has 8 heteroatoms. The lowest BCUT2D eigenvalue weighted by Crippen LogP contribution is -2.25. The minimum atomic E-state index is -0.680. The molecule has 1 atom stereocenters. The topological polar surface area (TPSA) is 90.1 Å². The van der Waals surface area contributed by atoms with Gasteiger partial charge in [0.2, 0.25) is 0 Å². The van der Waals surface area contributed by atoms with Crippen LogP contribution in [0.25, 0.3) is 0 Å². The Hall–Kier alpha value is -2.22. The minimum absolute atomic E-state index is 0.286. The lowest BCUT2D eigenvalue weighted by Gasteiger charge is -2.13. The van der Waals surface area contributed by atoms with E-state index in [4.69, 9.17) is 0 Å². The summed E-state index contributed by atoms with van der Waals surface area (Å²) in [6, 6.07) is 5.04. The van der Waals surface area contributed by atoms with E-state index in [1.807, 2.05) is 32.0 Å². The van der Waals surface area contributed by atoms with E-state index in [2.05, 4.69) is 26.3 Å². The molecular formula is C15H17BrN4O3. The van der Waals surface area contributed by atoms with E-state index in [0.717, 1.165) is 11.1 Å². The first-order chi connectivity index (χ1) is 10.7. The van der Waals surface area contributed by atoms with Gasteiger partial charge >= 0.3 is 5.82 Å². The summed E-state index contributed by atoms with van der Waals surface area (Å²) in [5.41, 5.74) is 3.30. The fraction of sp³-hybridized carbons (Fsp3) is 0.333. The summed E-state index contributed by atoms with van der Waals surface area (Å²) in [5.74, 6) is -0.585. The molecule has 0 bridgehead atoms. The SMILES string of the molecule is Cc1ccc(NC(=O)[C@@H](C)n2nc([N+](=O)[O-])c(Br)c2C)c(C)c1. The van der Waals surface area contributed by atoms with Crippen molar-refractivity contribution in [1.82, 2.24) is 9.78 Å². The second-order valence-corrected chi connectivity index (χ2v) is 6.20. The van der Waals surface area contributed by atoms with Gasteiger partial charge in [-0.05, 0) is 60.2 Å². The van der Waals surface area contributed by atoms with Gasteiger partial charge in [-0.1, -0.05) is 17.7 Å². The summed E-state index contributed by atoms with van der Waals surface area (Å²) in [6.45, 7) is 7.21. The summed E-state index contributed by atoms with van der Waals surface area (Å²) >= 11 is 3.15. The quantitative estimate of drug-likeness (QED) is 0.646. The number of hydrogen-bond donors (Lipinski definition) is 1. The standard InChI is InChI=1S/C15H17BrN4O3/c1-8-5-6-12(9(2)7-8)17-15(21)11(4)19-10(3)13(16)14(18-19)20(22)23/h5-7,11H,1-4H3,(H,17,21)/t11-/m1/s1. The first-order valence-electron chi connectivity index (χ1n) is 6.99. The lowest BCUT2D eigenvalue weighted by molar-refractivity contribution is -0.390. The van der Waals surface area contributed by atoms with Crippen LogP contribution in [0.15, 0.2) is 22.7 Å². The number of aryl methyl sites for hydroxylation is 2. The summed E-state index contributed by atoms with van der Waals surface area (Å²) in [6.07, 6.45) is 0. The van der Waals surface area contributed by atoms with Gasteiger partial charge in [0, 0.05) is 5.69 Å². The molecule has 0 saturated carbocycles. The van der Waals surface area contributed by atoms with Crippen LogP contribution < -0.4 is 5.32 Å².